The van der Waals surface area contributed by atoms with Crippen molar-refractivity contribution in [2.45, 2.75) is 97.2 Å². The Morgan fingerprint density at radius 1 is 1.32 bits per heavy atom. The number of aliphatic hydroxyl groups excluding tert-OH is 1. The predicted molar refractivity (Wildman–Crippen MR) is 98.1 cm³/mol. The van der Waals surface area contributed by atoms with Crippen LogP contribution in [0.1, 0.15) is 72.6 Å². The molecule has 0 bridgehead atoms. The lowest BCUT2D eigenvalue weighted by atomic mass is 9.96. The van der Waals surface area contributed by atoms with Crippen LogP contribution in [0.25, 0.3) is 0 Å². The van der Waals surface area contributed by atoms with Gasteiger partial charge >= 0.3 is 5.97 Å². The van der Waals surface area contributed by atoms with Crippen molar-refractivity contribution in [1.29, 1.82) is 0 Å². The van der Waals surface area contributed by atoms with Crippen molar-refractivity contribution in [3.05, 3.63) is 12.2 Å². The van der Waals surface area contributed by atoms with Crippen molar-refractivity contribution >= 4 is 5.97 Å². The average Bonchev–Trinajstić information content (AvgIpc) is 2.56. The first-order chi connectivity index (χ1) is 11.9. The van der Waals surface area contributed by atoms with Crippen molar-refractivity contribution in [1.82, 2.24) is 0 Å². The lowest BCUT2D eigenvalue weighted by Gasteiger charge is -2.37. The lowest BCUT2D eigenvalue weighted by Crippen LogP contribution is -2.44. The van der Waals surface area contributed by atoms with Gasteiger partial charge in [-0.3, -0.25) is 0 Å². The second-order valence-corrected chi connectivity index (χ2v) is 7.14. The molecule has 0 aromatic heterocycles. The summed E-state index contributed by atoms with van der Waals surface area (Å²) in [6, 6.07) is 0. The third-order valence-electron chi connectivity index (χ3n) is 4.57. The fraction of sp³-hybridized carbons (Fsp3) is 0.850. The maximum absolute atomic E-state index is 11.6. The van der Waals surface area contributed by atoms with Gasteiger partial charge in [0.1, 0.15) is 0 Å². The number of aliphatic hydroxyl groups is 1. The van der Waals surface area contributed by atoms with Crippen LogP contribution in [0.4, 0.5) is 0 Å². The van der Waals surface area contributed by atoms with Crippen molar-refractivity contribution in [3.8, 4) is 0 Å². The van der Waals surface area contributed by atoms with E-state index in [0.29, 0.717) is 13.0 Å². The van der Waals surface area contributed by atoms with Crippen LogP contribution in [0.5, 0.6) is 0 Å². The molecule has 1 N–H and O–H groups in total. The number of hydrogen-bond donors (Lipinski definition) is 1. The van der Waals surface area contributed by atoms with Crippen molar-refractivity contribution in [2.24, 2.45) is 5.92 Å². The first kappa shape index (κ1) is 22.1. The molecule has 0 aliphatic carbocycles. The fourth-order valence-corrected chi connectivity index (χ4v) is 2.84. The zero-order valence-corrected chi connectivity index (χ0v) is 16.3. The average molecular weight is 357 g/mol. The molecule has 5 nitrogen and oxygen atoms in total. The Balaban J connectivity index is 2.15. The van der Waals surface area contributed by atoms with Gasteiger partial charge in [0, 0.05) is 12.0 Å². The molecule has 1 aliphatic heterocycles. The molecule has 5 heteroatoms. The minimum absolute atomic E-state index is 0.0320. The Bertz CT molecular complexity index is 396. The van der Waals surface area contributed by atoms with Gasteiger partial charge < -0.3 is 19.3 Å². The SMILES string of the molecule is CCCCCCOC(=O)/C=C/CC[C@@H](C)O[C@@H]1O[C@@H](C)[C@H](O)C[C@H]1C. The van der Waals surface area contributed by atoms with E-state index in [-0.39, 0.29) is 30.4 Å². The number of allylic oxidation sites excluding steroid dienone is 1. The van der Waals surface area contributed by atoms with E-state index in [1.54, 1.807) is 0 Å². The van der Waals surface area contributed by atoms with E-state index in [0.717, 1.165) is 25.7 Å². The topological polar surface area (TPSA) is 65.0 Å². The standard InChI is InChI=1S/C20H36O5/c1-5-6-7-10-13-23-19(22)12-9-8-11-16(3)24-20-15(2)14-18(21)17(4)25-20/h9,12,15-18,20-21H,5-8,10-11,13-14H2,1-4H3/b12-9+/t15-,16-,17+,18-,20-/m1/s1. The van der Waals surface area contributed by atoms with Gasteiger partial charge in [-0.25, -0.2) is 4.79 Å². The highest BCUT2D eigenvalue weighted by molar-refractivity contribution is 5.81. The van der Waals surface area contributed by atoms with Crippen molar-refractivity contribution in [2.75, 3.05) is 6.61 Å². The first-order valence-electron chi connectivity index (χ1n) is 9.76. The molecule has 0 radical (unpaired) electrons. The molecule has 146 valence electrons. The molecule has 0 aromatic rings. The van der Waals surface area contributed by atoms with Gasteiger partial charge in [-0.2, -0.15) is 0 Å². The molecule has 0 amide bonds. The summed E-state index contributed by atoms with van der Waals surface area (Å²) >= 11 is 0. The van der Waals surface area contributed by atoms with Gasteiger partial charge in [-0.15, -0.1) is 0 Å². The van der Waals surface area contributed by atoms with Gasteiger partial charge in [0.05, 0.1) is 24.9 Å². The molecule has 1 fully saturated rings. The number of hydrogen-bond acceptors (Lipinski definition) is 5. The van der Waals surface area contributed by atoms with Crippen LogP contribution in [0, 0.1) is 5.92 Å². The van der Waals surface area contributed by atoms with E-state index in [1.165, 1.54) is 18.9 Å². The Kier molecular flexibility index (Phi) is 11.0. The second-order valence-electron chi connectivity index (χ2n) is 7.14. The zero-order chi connectivity index (χ0) is 18.7. The first-order valence-corrected chi connectivity index (χ1v) is 9.76. The molecule has 0 saturated carbocycles. The number of carbonyl (C=O) groups excluding carboxylic acids is 1. The van der Waals surface area contributed by atoms with E-state index in [2.05, 4.69) is 6.92 Å². The Hall–Kier alpha value is -0.910. The minimum atomic E-state index is -0.416. The van der Waals surface area contributed by atoms with Crippen LogP contribution >= 0.6 is 0 Å². The van der Waals surface area contributed by atoms with Crippen LogP contribution in [-0.4, -0.2) is 42.3 Å². The van der Waals surface area contributed by atoms with Crippen LogP contribution in [0.3, 0.4) is 0 Å². The molecule has 0 aromatic carbocycles. The van der Waals surface area contributed by atoms with E-state index in [1.807, 2.05) is 26.8 Å². The zero-order valence-electron chi connectivity index (χ0n) is 16.3. The van der Waals surface area contributed by atoms with E-state index < -0.39 is 6.10 Å². The van der Waals surface area contributed by atoms with Gasteiger partial charge in [0.15, 0.2) is 6.29 Å². The van der Waals surface area contributed by atoms with Gasteiger partial charge in [0.2, 0.25) is 0 Å². The maximum atomic E-state index is 11.6. The number of rotatable bonds is 11. The monoisotopic (exact) mass is 356 g/mol. The summed E-state index contributed by atoms with van der Waals surface area (Å²) < 4.78 is 16.8. The summed E-state index contributed by atoms with van der Waals surface area (Å²) in [5.74, 6) is -0.0935. The van der Waals surface area contributed by atoms with Gasteiger partial charge in [-0.05, 0) is 39.5 Å². The van der Waals surface area contributed by atoms with Crippen molar-refractivity contribution < 1.29 is 24.1 Å². The van der Waals surface area contributed by atoms with E-state index >= 15 is 0 Å². The molecule has 0 unspecified atom stereocenters. The summed E-state index contributed by atoms with van der Waals surface area (Å²) in [6.07, 6.45) is 9.17. The smallest absolute Gasteiger partial charge is 0.330 e. The van der Waals surface area contributed by atoms with Crippen LogP contribution in [0.15, 0.2) is 12.2 Å². The molecule has 1 rings (SSSR count). The highest BCUT2D eigenvalue weighted by Crippen LogP contribution is 2.27. The molecular formula is C20H36O5. The van der Waals surface area contributed by atoms with Gasteiger partial charge in [0.25, 0.3) is 0 Å². The van der Waals surface area contributed by atoms with E-state index in [9.17, 15) is 9.90 Å². The summed E-state index contributed by atoms with van der Waals surface area (Å²) in [5.41, 5.74) is 0. The highest BCUT2D eigenvalue weighted by atomic mass is 16.7. The Morgan fingerprint density at radius 3 is 2.80 bits per heavy atom. The normalized spacial score (nSPS) is 28.2. The summed E-state index contributed by atoms with van der Waals surface area (Å²) in [6.45, 7) is 8.57. The molecular weight excluding hydrogens is 320 g/mol. The summed E-state index contributed by atoms with van der Waals surface area (Å²) in [5, 5.41) is 9.80. The highest BCUT2D eigenvalue weighted by Gasteiger charge is 2.33. The maximum Gasteiger partial charge on any atom is 0.330 e. The lowest BCUT2D eigenvalue weighted by molar-refractivity contribution is -0.255. The quantitative estimate of drug-likeness (QED) is 0.344. The Morgan fingerprint density at radius 2 is 2.08 bits per heavy atom. The molecule has 5 atom stereocenters. The van der Waals surface area contributed by atoms with E-state index in [4.69, 9.17) is 14.2 Å². The predicted octanol–water partition coefficient (Wildman–Crippen LogP) is 3.98. The molecule has 25 heavy (non-hydrogen) atoms. The van der Waals surface area contributed by atoms with Gasteiger partial charge in [-0.1, -0.05) is 39.2 Å². The summed E-state index contributed by atoms with van der Waals surface area (Å²) in [7, 11) is 0. The number of ether oxygens (including phenoxy) is 3. The van der Waals surface area contributed by atoms with Crippen molar-refractivity contribution in [3.63, 3.8) is 0 Å². The number of unbranched alkanes of at least 4 members (excludes halogenated alkanes) is 3. The van der Waals surface area contributed by atoms with Crippen LogP contribution < -0.4 is 0 Å². The number of carbonyl (C=O) groups is 1. The molecule has 1 aliphatic rings. The largest absolute Gasteiger partial charge is 0.463 e. The molecule has 1 heterocycles. The molecule has 0 spiro atoms. The Labute approximate surface area is 152 Å². The fourth-order valence-electron chi connectivity index (χ4n) is 2.84. The third-order valence-corrected chi connectivity index (χ3v) is 4.57. The number of esters is 1. The minimum Gasteiger partial charge on any atom is -0.463 e. The van der Waals surface area contributed by atoms with Crippen LogP contribution in [-0.2, 0) is 19.0 Å². The second kappa shape index (κ2) is 12.4. The third kappa shape index (κ3) is 9.38. The summed E-state index contributed by atoms with van der Waals surface area (Å²) in [4.78, 5) is 11.6. The molecule has 1 saturated heterocycles. The van der Waals surface area contributed by atoms with Crippen LogP contribution in [0.2, 0.25) is 0 Å².